The van der Waals surface area contributed by atoms with Crippen molar-refractivity contribution < 1.29 is 6.85 Å². The molecule has 0 nitrogen and oxygen atoms in total. The van der Waals surface area contributed by atoms with Gasteiger partial charge in [0.15, 0.2) is 0 Å². The van der Waals surface area contributed by atoms with Crippen LogP contribution in [0.5, 0.6) is 0 Å². The number of fused-ring (bicyclic) bond motifs is 7. The van der Waals surface area contributed by atoms with Crippen molar-refractivity contribution in [2.75, 3.05) is 0 Å². The average Bonchev–Trinajstić information content (AvgIpc) is 3.20. The summed E-state index contributed by atoms with van der Waals surface area (Å²) in [6.07, 6.45) is 0. The highest BCUT2D eigenvalue weighted by Gasteiger charge is 2.19. The molecule has 0 fully saturated rings. The third-order valence-electron chi connectivity index (χ3n) is 9.91. The van der Waals surface area contributed by atoms with Gasteiger partial charge in [-0.05, 0) is 110 Å². The minimum Gasteiger partial charge on any atom is -0.0622 e. The first-order chi connectivity index (χ1) is 25.9. The van der Waals surface area contributed by atoms with Crippen LogP contribution in [-0.2, 0) is 0 Å². The van der Waals surface area contributed by atoms with Crippen molar-refractivity contribution in [3.05, 3.63) is 182 Å². The number of rotatable bonds is 3. The van der Waals surface area contributed by atoms with Gasteiger partial charge in [0.25, 0.3) is 0 Å². The van der Waals surface area contributed by atoms with Gasteiger partial charge in [-0.2, -0.15) is 0 Å². The summed E-state index contributed by atoms with van der Waals surface area (Å²) in [5.41, 5.74) is 5.30. The number of hydrogen-bond acceptors (Lipinski definition) is 0. The van der Waals surface area contributed by atoms with Crippen LogP contribution in [0.15, 0.2) is 182 Å². The first-order valence-electron chi connectivity index (χ1n) is 18.8. The van der Waals surface area contributed by atoms with Crippen LogP contribution in [0.3, 0.4) is 0 Å². The van der Waals surface area contributed by atoms with E-state index in [-0.39, 0.29) is 29.7 Å². The maximum absolute atomic E-state index is 8.92. The highest BCUT2D eigenvalue weighted by molar-refractivity contribution is 6.24. The number of benzene rings is 10. The van der Waals surface area contributed by atoms with Gasteiger partial charge in [-0.1, -0.05) is 170 Å². The second-order valence-electron chi connectivity index (χ2n) is 12.4. The van der Waals surface area contributed by atoms with E-state index in [4.69, 9.17) is 6.85 Å². The third kappa shape index (κ3) is 4.03. The summed E-state index contributed by atoms with van der Waals surface area (Å²) in [7, 11) is 0. The topological polar surface area (TPSA) is 0 Å². The maximum Gasteiger partial charge on any atom is 0.0629 e. The summed E-state index contributed by atoms with van der Waals surface area (Å²) in [6, 6.07) is 51.8. The third-order valence-corrected chi connectivity index (χ3v) is 9.91. The molecule has 10 rings (SSSR count). The fourth-order valence-corrected chi connectivity index (χ4v) is 7.84. The molecule has 0 saturated carbocycles. The Kier molecular flexibility index (Phi) is 4.95. The van der Waals surface area contributed by atoms with E-state index in [9.17, 15) is 0 Å². The van der Waals surface area contributed by atoms with Crippen molar-refractivity contribution >= 4 is 64.6 Å². The van der Waals surface area contributed by atoms with Crippen LogP contribution in [0, 0.1) is 0 Å². The van der Waals surface area contributed by atoms with Crippen LogP contribution in [0.4, 0.5) is 0 Å². The van der Waals surface area contributed by atoms with E-state index in [0.717, 1.165) is 49.0 Å². The molecule has 0 bridgehead atoms. The molecule has 0 aliphatic rings. The fraction of sp³-hybridized carbons (Fsp3) is 0. The van der Waals surface area contributed by atoms with Gasteiger partial charge in [0.1, 0.15) is 0 Å². The van der Waals surface area contributed by atoms with Crippen LogP contribution < -0.4 is 0 Å². The van der Waals surface area contributed by atoms with E-state index in [1.807, 2.05) is 36.4 Å². The Balaban J connectivity index is 1.26. The highest BCUT2D eigenvalue weighted by Crippen LogP contribution is 2.46. The van der Waals surface area contributed by atoms with Gasteiger partial charge in [0.2, 0.25) is 0 Å². The summed E-state index contributed by atoms with van der Waals surface area (Å²) in [4.78, 5) is 0. The molecule has 10 aromatic carbocycles. The maximum atomic E-state index is 8.92. The predicted octanol–water partition coefficient (Wildman–Crippen LogP) is 13.6. The van der Waals surface area contributed by atoms with E-state index in [0.29, 0.717) is 5.56 Å². The molecule has 0 amide bonds. The molecule has 0 heteroatoms. The molecule has 0 aliphatic carbocycles. The monoisotopic (exact) mass is 611 g/mol. The molecule has 0 heterocycles. The summed E-state index contributed by atoms with van der Waals surface area (Å²) in [5.74, 6) is 0. The SMILES string of the molecule is [2H]c1c([2H])c([2H])c(-c2c3ccccc3c(-c3cccc4c(-c5cccc6c5ccc5cc7ccccc7cc56)cccc34)c3ccccc23)c([2H])c1[2H]. The van der Waals surface area contributed by atoms with Crippen LogP contribution in [0.1, 0.15) is 6.85 Å². The Hall–Kier alpha value is -6.24. The Morgan fingerprint density at radius 3 is 1.42 bits per heavy atom. The number of hydrogen-bond donors (Lipinski definition) is 0. The minimum atomic E-state index is -0.395. The quantitative estimate of drug-likeness (QED) is 0.138. The first-order valence-corrected chi connectivity index (χ1v) is 16.3. The molecular weight excluding hydrogens is 577 g/mol. The Morgan fingerprint density at radius 2 is 0.771 bits per heavy atom. The van der Waals surface area contributed by atoms with E-state index in [2.05, 4.69) is 115 Å². The second-order valence-corrected chi connectivity index (χ2v) is 12.4. The second kappa shape index (κ2) is 10.7. The van der Waals surface area contributed by atoms with Crippen molar-refractivity contribution in [3.8, 4) is 33.4 Å². The summed E-state index contributed by atoms with van der Waals surface area (Å²) < 4.78 is 43.0. The smallest absolute Gasteiger partial charge is 0.0622 e. The van der Waals surface area contributed by atoms with E-state index in [1.165, 1.54) is 37.9 Å². The molecule has 48 heavy (non-hydrogen) atoms. The first kappa shape index (κ1) is 22.3. The molecule has 0 spiro atoms. The van der Waals surface area contributed by atoms with E-state index < -0.39 is 6.04 Å². The van der Waals surface area contributed by atoms with Gasteiger partial charge < -0.3 is 0 Å². The van der Waals surface area contributed by atoms with Crippen LogP contribution in [-0.4, -0.2) is 0 Å². The van der Waals surface area contributed by atoms with Gasteiger partial charge in [-0.25, -0.2) is 0 Å². The lowest BCUT2D eigenvalue weighted by atomic mass is 9.84. The predicted molar refractivity (Wildman–Crippen MR) is 208 cm³/mol. The Morgan fingerprint density at radius 1 is 0.292 bits per heavy atom. The molecular formula is C48H30. The normalized spacial score (nSPS) is 13.2. The zero-order valence-corrected chi connectivity index (χ0v) is 25.9. The fourth-order valence-electron chi connectivity index (χ4n) is 7.84. The van der Waals surface area contributed by atoms with Crippen molar-refractivity contribution in [3.63, 3.8) is 0 Å². The van der Waals surface area contributed by atoms with Gasteiger partial charge in [-0.15, -0.1) is 0 Å². The Bertz CT molecular complexity index is 3090. The van der Waals surface area contributed by atoms with Gasteiger partial charge in [-0.3, -0.25) is 0 Å². The standard InChI is InChI=1S/C48H30/c1-2-13-31(14-3-1)47-42-17-6-8-19-44(42)48(45-20-9-7-18-43(45)47)41-26-12-23-36-35(21-10-24-38(36)41)37-22-11-25-39-40(37)28-27-34-29-32-15-4-5-16-33(32)30-46(34)39/h1-30H/i1D,2D,3D,13D,14D. The molecule has 0 N–H and O–H groups in total. The van der Waals surface area contributed by atoms with Crippen molar-refractivity contribution in [1.29, 1.82) is 0 Å². The zero-order chi connectivity index (χ0) is 36.0. The average molecular weight is 612 g/mol. The molecule has 0 atom stereocenters. The lowest BCUT2D eigenvalue weighted by Gasteiger charge is -2.19. The molecule has 0 aromatic heterocycles. The molecule has 0 unspecified atom stereocenters. The van der Waals surface area contributed by atoms with Crippen LogP contribution >= 0.6 is 0 Å². The lowest BCUT2D eigenvalue weighted by Crippen LogP contribution is -1.92. The van der Waals surface area contributed by atoms with Crippen molar-refractivity contribution in [1.82, 2.24) is 0 Å². The Labute approximate surface area is 286 Å². The summed E-state index contributed by atoms with van der Waals surface area (Å²) >= 11 is 0. The largest absolute Gasteiger partial charge is 0.0629 e. The van der Waals surface area contributed by atoms with Crippen molar-refractivity contribution in [2.24, 2.45) is 0 Å². The zero-order valence-electron chi connectivity index (χ0n) is 30.9. The van der Waals surface area contributed by atoms with Gasteiger partial charge in [0.05, 0.1) is 6.85 Å². The van der Waals surface area contributed by atoms with Crippen molar-refractivity contribution in [2.45, 2.75) is 0 Å². The summed E-state index contributed by atoms with van der Waals surface area (Å²) in [6.45, 7) is 0. The molecule has 222 valence electrons. The lowest BCUT2D eigenvalue weighted by molar-refractivity contribution is 1.66. The van der Waals surface area contributed by atoms with Gasteiger partial charge in [0, 0.05) is 0 Å². The molecule has 10 aromatic rings. The van der Waals surface area contributed by atoms with Crippen LogP contribution in [0.2, 0.25) is 0 Å². The molecule has 0 saturated heterocycles. The van der Waals surface area contributed by atoms with Gasteiger partial charge >= 0.3 is 0 Å². The van der Waals surface area contributed by atoms with E-state index >= 15 is 0 Å². The minimum absolute atomic E-state index is 0.204. The van der Waals surface area contributed by atoms with Crippen LogP contribution in [0.25, 0.3) is 98.0 Å². The molecule has 0 radical (unpaired) electrons. The van der Waals surface area contributed by atoms with E-state index in [1.54, 1.807) is 0 Å². The highest BCUT2D eigenvalue weighted by atomic mass is 14.2. The summed E-state index contributed by atoms with van der Waals surface area (Å²) in [5, 5.41) is 13.2. The molecule has 0 aliphatic heterocycles.